The zero-order valence-electron chi connectivity index (χ0n) is 7.35. The molecule has 8 heavy (non-hydrogen) atoms. The van der Waals surface area contributed by atoms with E-state index in [2.05, 4.69) is 0 Å². The molecule has 46 valence electrons. The molecule has 0 heterocycles. The van der Waals surface area contributed by atoms with Crippen molar-refractivity contribution in [2.75, 3.05) is 0 Å². The Morgan fingerprint density at radius 2 is 2.12 bits per heavy atom. The zero-order chi connectivity index (χ0) is 5.86. The molecule has 0 amide bonds. The molecule has 3 heteroatoms. The van der Waals surface area contributed by atoms with Crippen LogP contribution in [0.2, 0.25) is 0 Å². The summed E-state index contributed by atoms with van der Waals surface area (Å²) in [6.45, 7) is 3.77. The summed E-state index contributed by atoms with van der Waals surface area (Å²) < 4.78 is 0. The molecular weight excluding hydrogens is 180 g/mol. The molecule has 1 N–H and O–H groups in total. The molecule has 0 aliphatic carbocycles. The number of carbonyl (C=O) groups is 1. The maximum absolute atomic E-state index is 9.81. The third-order valence-electron chi connectivity index (χ3n) is 0.583. The van der Waals surface area contributed by atoms with Crippen molar-refractivity contribution in [3.8, 4) is 0 Å². The number of rotatable bonds is 2. The normalized spacial score (nSPS) is 8.38. The van der Waals surface area contributed by atoms with Crippen LogP contribution in [0.3, 0.4) is 0 Å². The minimum Gasteiger partial charge on any atom is -1.00 e. The van der Waals surface area contributed by atoms with E-state index in [1.54, 1.807) is 0 Å². The summed E-state index contributed by atoms with van der Waals surface area (Å²) in [5, 5.41) is 8.08. The summed E-state index contributed by atoms with van der Waals surface area (Å²) in [6.07, 6.45) is 0.278. The molecule has 0 unspecified atom stereocenters. The van der Waals surface area contributed by atoms with Crippen LogP contribution in [0.5, 0.6) is 0 Å². The molecule has 0 saturated carbocycles. The minimum atomic E-state index is -0.713. The topological polar surface area (TPSA) is 37.3 Å². The van der Waals surface area contributed by atoms with Crippen LogP contribution in [0, 0.1) is 5.92 Å². The second-order valence-corrected chi connectivity index (χ2v) is 1.99. The van der Waals surface area contributed by atoms with Crippen LogP contribution in [-0.2, 0) is 4.79 Å². The first kappa shape index (κ1) is 11.7. The molecule has 0 radical (unpaired) electrons. The molecule has 2 nitrogen and oxygen atoms in total. The Morgan fingerprint density at radius 1 is 1.75 bits per heavy atom. The van der Waals surface area contributed by atoms with Crippen molar-refractivity contribution in [3.05, 3.63) is 0 Å². The van der Waals surface area contributed by atoms with Gasteiger partial charge in [0, 0.05) is 6.42 Å². The van der Waals surface area contributed by atoms with Crippen molar-refractivity contribution in [1.29, 1.82) is 0 Å². The van der Waals surface area contributed by atoms with Gasteiger partial charge in [-0.3, -0.25) is 4.79 Å². The number of carboxylic acids is 1. The first-order chi connectivity index (χ1) is 3.13. The number of aliphatic carboxylic acids is 1. The Morgan fingerprint density at radius 3 is 2.12 bits per heavy atom. The van der Waals surface area contributed by atoms with Crippen LogP contribution in [0.4, 0.5) is 0 Å². The van der Waals surface area contributed by atoms with Crippen molar-refractivity contribution in [3.63, 3.8) is 0 Å². The summed E-state index contributed by atoms with van der Waals surface area (Å²) in [6, 6.07) is 0. The molecule has 0 aromatic carbocycles. The van der Waals surface area contributed by atoms with E-state index in [-0.39, 0.29) is 60.7 Å². The molecule has 0 saturated heterocycles. The molecule has 0 bridgehead atoms. The summed E-state index contributed by atoms with van der Waals surface area (Å²) in [5.74, 6) is -0.438. The molecule has 0 aliphatic rings. The molecular formula is C5H12O2Sr. The van der Waals surface area contributed by atoms with E-state index in [0.717, 1.165) is 0 Å². The monoisotopic (exact) mass is 192 g/mol. The predicted molar refractivity (Wildman–Crippen MR) is 35.1 cm³/mol. The van der Waals surface area contributed by atoms with Gasteiger partial charge < -0.3 is 7.96 Å². The fourth-order valence-electron chi connectivity index (χ4n) is 0.349. The maximum Gasteiger partial charge on any atom is 2.00 e. The zero-order valence-corrected chi connectivity index (χ0v) is 8.82. The van der Waals surface area contributed by atoms with Gasteiger partial charge in [0.2, 0.25) is 0 Å². The molecule has 0 aromatic rings. The van der Waals surface area contributed by atoms with Gasteiger partial charge in [0.1, 0.15) is 0 Å². The van der Waals surface area contributed by atoms with Crippen LogP contribution in [0.25, 0.3) is 0 Å². The average molecular weight is 192 g/mol. The van der Waals surface area contributed by atoms with Crippen molar-refractivity contribution in [2.45, 2.75) is 20.3 Å². The van der Waals surface area contributed by atoms with Gasteiger partial charge >= 0.3 is 51.5 Å². The van der Waals surface area contributed by atoms with Crippen molar-refractivity contribution >= 4 is 51.5 Å². The minimum absolute atomic E-state index is 0. The average Bonchev–Trinajstić information content (AvgIpc) is 1.27. The van der Waals surface area contributed by atoms with E-state index >= 15 is 0 Å². The van der Waals surface area contributed by atoms with Gasteiger partial charge in [-0.2, -0.15) is 0 Å². The fourth-order valence-corrected chi connectivity index (χ4v) is 0.349. The fraction of sp³-hybridized carbons (Fsp3) is 0.800. The number of carboxylic acid groups (broad SMARTS) is 1. The number of hydrogen-bond donors (Lipinski definition) is 1. The summed E-state index contributed by atoms with van der Waals surface area (Å²) >= 11 is 0. The largest absolute Gasteiger partial charge is 2.00 e. The Kier molecular flexibility index (Phi) is 8.90. The molecule has 0 spiro atoms. The quantitative estimate of drug-likeness (QED) is 0.661. The molecule has 0 aromatic heterocycles. The van der Waals surface area contributed by atoms with E-state index in [1.807, 2.05) is 13.8 Å². The Labute approximate surface area is 89.5 Å². The Balaban J connectivity index is -0.0000000600. The van der Waals surface area contributed by atoms with E-state index in [9.17, 15) is 4.79 Å². The van der Waals surface area contributed by atoms with Crippen LogP contribution < -0.4 is 0 Å². The number of hydrogen-bond acceptors (Lipinski definition) is 1. The van der Waals surface area contributed by atoms with E-state index in [1.165, 1.54) is 0 Å². The van der Waals surface area contributed by atoms with Crippen molar-refractivity contribution in [2.24, 2.45) is 5.92 Å². The van der Waals surface area contributed by atoms with E-state index in [4.69, 9.17) is 5.11 Å². The predicted octanol–water partition coefficient (Wildman–Crippen LogP) is 0.961. The first-order valence-electron chi connectivity index (χ1n) is 2.34. The SMILES string of the molecule is CC(C)CC(=O)O.[H-].[H-].[Sr+2]. The van der Waals surface area contributed by atoms with E-state index < -0.39 is 5.97 Å². The van der Waals surface area contributed by atoms with Gasteiger partial charge in [0.25, 0.3) is 0 Å². The van der Waals surface area contributed by atoms with Crippen LogP contribution in [0.1, 0.15) is 23.1 Å². The molecule has 0 rings (SSSR count). The molecule has 0 fully saturated rings. The second-order valence-electron chi connectivity index (χ2n) is 1.99. The van der Waals surface area contributed by atoms with Crippen molar-refractivity contribution in [1.82, 2.24) is 0 Å². The third-order valence-corrected chi connectivity index (χ3v) is 0.583. The van der Waals surface area contributed by atoms with E-state index in [0.29, 0.717) is 0 Å². The Bertz CT molecular complexity index is 78.0. The maximum atomic E-state index is 9.81. The summed E-state index contributed by atoms with van der Waals surface area (Å²) in [4.78, 5) is 9.81. The van der Waals surface area contributed by atoms with Crippen LogP contribution in [-0.4, -0.2) is 56.6 Å². The molecule has 0 aliphatic heterocycles. The third kappa shape index (κ3) is 10.0. The van der Waals surface area contributed by atoms with Crippen LogP contribution in [0.15, 0.2) is 0 Å². The smallest absolute Gasteiger partial charge is 1.00 e. The standard InChI is InChI=1S/C5H10O2.Sr.2H/c1-4(2)3-5(6)7;;;/h4H,3H2,1-2H3,(H,6,7);;;/q;+2;2*-1. The summed E-state index contributed by atoms with van der Waals surface area (Å²) in [5.41, 5.74) is 0. The van der Waals surface area contributed by atoms with Gasteiger partial charge in [0.15, 0.2) is 0 Å². The van der Waals surface area contributed by atoms with Gasteiger partial charge in [-0.05, 0) is 5.92 Å². The first-order valence-corrected chi connectivity index (χ1v) is 2.34. The summed E-state index contributed by atoms with van der Waals surface area (Å²) in [7, 11) is 0. The van der Waals surface area contributed by atoms with Crippen LogP contribution >= 0.6 is 0 Å². The Hall–Kier alpha value is 0.951. The van der Waals surface area contributed by atoms with Gasteiger partial charge in [-0.25, -0.2) is 0 Å². The van der Waals surface area contributed by atoms with Gasteiger partial charge in [-0.1, -0.05) is 13.8 Å². The van der Waals surface area contributed by atoms with Gasteiger partial charge in [0.05, 0.1) is 0 Å². The van der Waals surface area contributed by atoms with Gasteiger partial charge in [-0.15, -0.1) is 0 Å². The molecule has 0 atom stereocenters. The van der Waals surface area contributed by atoms with Crippen molar-refractivity contribution < 1.29 is 12.8 Å². The second kappa shape index (κ2) is 6.08.